The molecule has 0 spiro atoms. The second kappa shape index (κ2) is 13.2. The Morgan fingerprint density at radius 3 is 2.07 bits per heavy atom. The number of esters is 1. The highest BCUT2D eigenvalue weighted by Crippen LogP contribution is 2.44. The molecule has 3 aromatic rings. The number of carbonyl (C=O) groups excluding carboxylic acids is 3. The fourth-order valence-corrected chi connectivity index (χ4v) is 5.74. The van der Waals surface area contributed by atoms with Gasteiger partial charge in [0.1, 0.15) is 12.6 Å². The zero-order valence-corrected chi connectivity index (χ0v) is 24.2. The summed E-state index contributed by atoms with van der Waals surface area (Å²) in [5.41, 5.74) is 5.95. The van der Waals surface area contributed by atoms with E-state index in [9.17, 15) is 14.4 Å². The van der Waals surface area contributed by atoms with Gasteiger partial charge in [-0.1, -0.05) is 60.7 Å². The number of benzene rings is 3. The lowest BCUT2D eigenvalue weighted by Crippen LogP contribution is -2.54. The summed E-state index contributed by atoms with van der Waals surface area (Å²) in [5.74, 6) is -1.21. The molecule has 2 amide bonds. The fraction of sp³-hybridized carbons (Fsp3) is 0.364. The fourth-order valence-electron chi connectivity index (χ4n) is 5.74. The Hall–Kier alpha value is -4.21. The number of nitrogens with zero attached hydrogens (tertiary/aromatic N) is 1. The molecule has 1 aliphatic carbocycles. The molecule has 1 aliphatic heterocycles. The highest BCUT2D eigenvalue weighted by atomic mass is 16.5. The maximum absolute atomic E-state index is 13.1. The number of carbonyl (C=O) groups is 3. The monoisotopic (exact) mass is 571 g/mol. The van der Waals surface area contributed by atoms with Crippen LogP contribution in [-0.4, -0.2) is 75.0 Å². The third kappa shape index (κ3) is 6.32. The summed E-state index contributed by atoms with van der Waals surface area (Å²) in [6.45, 7) is 7.03. The predicted molar refractivity (Wildman–Crippen MR) is 158 cm³/mol. The van der Waals surface area contributed by atoms with E-state index >= 15 is 0 Å². The largest absolute Gasteiger partial charge is 0.467 e. The molecule has 9 nitrogen and oxygen atoms in total. The summed E-state index contributed by atoms with van der Waals surface area (Å²) in [5, 5.41) is 5.41. The first kappa shape index (κ1) is 29.3. The van der Waals surface area contributed by atoms with Gasteiger partial charge >= 0.3 is 12.1 Å². The number of methoxy groups -OCH3 is 1. The number of alkyl carbamates (subject to hydrolysis) is 1. The van der Waals surface area contributed by atoms with Crippen molar-refractivity contribution < 1.29 is 28.6 Å². The first-order valence-corrected chi connectivity index (χ1v) is 14.3. The van der Waals surface area contributed by atoms with E-state index in [4.69, 9.17) is 14.2 Å². The molecule has 1 heterocycles. The molecule has 220 valence electrons. The molecule has 0 radical (unpaired) electrons. The molecule has 5 rings (SSSR count). The third-order valence-corrected chi connectivity index (χ3v) is 8.18. The zero-order valence-electron chi connectivity index (χ0n) is 24.2. The average Bonchev–Trinajstić information content (AvgIpc) is 3.35. The Kier molecular flexibility index (Phi) is 9.19. The van der Waals surface area contributed by atoms with E-state index < -0.39 is 30.1 Å². The van der Waals surface area contributed by atoms with Crippen LogP contribution in [0, 0.1) is 0 Å². The molecule has 1 unspecified atom stereocenters. The van der Waals surface area contributed by atoms with Crippen LogP contribution >= 0.6 is 0 Å². The van der Waals surface area contributed by atoms with Crippen molar-refractivity contribution in [3.63, 3.8) is 0 Å². The molecule has 1 saturated heterocycles. The van der Waals surface area contributed by atoms with Crippen LogP contribution in [0.5, 0.6) is 0 Å². The number of morpholine rings is 1. The molecule has 1 fully saturated rings. The van der Waals surface area contributed by atoms with E-state index in [0.717, 1.165) is 40.9 Å². The summed E-state index contributed by atoms with van der Waals surface area (Å²) >= 11 is 0. The lowest BCUT2D eigenvalue weighted by atomic mass is 9.98. The molecular weight excluding hydrogens is 534 g/mol. The molecule has 3 atom stereocenters. The lowest BCUT2D eigenvalue weighted by molar-refractivity contribution is -0.143. The highest BCUT2D eigenvalue weighted by Gasteiger charge is 2.32. The highest BCUT2D eigenvalue weighted by molar-refractivity contribution is 5.97. The third-order valence-electron chi connectivity index (χ3n) is 8.18. The van der Waals surface area contributed by atoms with Gasteiger partial charge in [0.2, 0.25) is 0 Å². The predicted octanol–water partition coefficient (Wildman–Crippen LogP) is 4.28. The van der Waals surface area contributed by atoms with Crippen molar-refractivity contribution in [1.82, 2.24) is 15.5 Å². The summed E-state index contributed by atoms with van der Waals surface area (Å²) < 4.78 is 16.0. The Morgan fingerprint density at radius 2 is 1.48 bits per heavy atom. The number of hydrogen-bond donors (Lipinski definition) is 2. The van der Waals surface area contributed by atoms with Crippen molar-refractivity contribution in [3.05, 3.63) is 95.1 Å². The number of fused-ring (bicyclic) bond motifs is 3. The van der Waals surface area contributed by atoms with Gasteiger partial charge in [-0.25, -0.2) is 9.59 Å². The first-order valence-electron chi connectivity index (χ1n) is 14.3. The number of hydrogen-bond acceptors (Lipinski definition) is 7. The van der Waals surface area contributed by atoms with E-state index in [0.29, 0.717) is 18.8 Å². The summed E-state index contributed by atoms with van der Waals surface area (Å²) in [6.07, 6.45) is -0.686. The maximum Gasteiger partial charge on any atom is 0.407 e. The van der Waals surface area contributed by atoms with Gasteiger partial charge in [0.05, 0.1) is 26.4 Å². The van der Waals surface area contributed by atoms with Crippen LogP contribution in [0.3, 0.4) is 0 Å². The molecule has 42 heavy (non-hydrogen) atoms. The second-order valence-electron chi connectivity index (χ2n) is 10.7. The molecular formula is C33H37N3O6. The molecule has 0 aromatic heterocycles. The Balaban J connectivity index is 1.19. The maximum atomic E-state index is 13.1. The lowest BCUT2D eigenvalue weighted by Gasteiger charge is -2.32. The van der Waals surface area contributed by atoms with Crippen LogP contribution in [0.2, 0.25) is 0 Å². The Bertz CT molecular complexity index is 1370. The second-order valence-corrected chi connectivity index (χ2v) is 10.7. The van der Waals surface area contributed by atoms with E-state index in [1.54, 1.807) is 19.1 Å². The standard InChI is InChI=1S/C33H37N3O6/c1-21(34-33(39)42-20-29-27-10-6-4-8-25(27)26-9-5-7-11-28(26)29)30(32(38)40-3)35-31(37)24-14-12-23(13-15-24)22(2)36-16-18-41-19-17-36/h4-15,21-22,29-30H,16-20H2,1-3H3,(H,34,39)(H,35,37)/t21-,22?,30+/m1/s1. The van der Waals surface area contributed by atoms with E-state index in [1.165, 1.54) is 7.11 Å². The van der Waals surface area contributed by atoms with Crippen LogP contribution < -0.4 is 10.6 Å². The minimum atomic E-state index is -1.12. The van der Waals surface area contributed by atoms with Crippen molar-refractivity contribution in [2.24, 2.45) is 0 Å². The van der Waals surface area contributed by atoms with Gasteiger partial charge in [-0.15, -0.1) is 0 Å². The topological polar surface area (TPSA) is 106 Å². The first-order chi connectivity index (χ1) is 20.4. The van der Waals surface area contributed by atoms with Gasteiger partial charge in [0, 0.05) is 30.6 Å². The van der Waals surface area contributed by atoms with Crippen LogP contribution in [0.15, 0.2) is 72.8 Å². The molecule has 9 heteroatoms. The van der Waals surface area contributed by atoms with E-state index in [-0.39, 0.29) is 18.6 Å². The quantitative estimate of drug-likeness (QED) is 0.370. The molecule has 3 aromatic carbocycles. The van der Waals surface area contributed by atoms with Crippen LogP contribution in [-0.2, 0) is 19.0 Å². The van der Waals surface area contributed by atoms with Gasteiger partial charge in [-0.3, -0.25) is 9.69 Å². The molecule has 2 N–H and O–H groups in total. The van der Waals surface area contributed by atoms with Crippen LogP contribution in [0.1, 0.15) is 52.9 Å². The molecule has 2 aliphatic rings. The van der Waals surface area contributed by atoms with Gasteiger partial charge in [0.15, 0.2) is 0 Å². The minimum absolute atomic E-state index is 0.0940. The van der Waals surface area contributed by atoms with E-state index in [2.05, 4.69) is 34.6 Å². The average molecular weight is 572 g/mol. The molecule has 0 saturated carbocycles. The van der Waals surface area contributed by atoms with Gasteiger partial charge < -0.3 is 24.8 Å². The number of ether oxygens (including phenoxy) is 3. The van der Waals surface area contributed by atoms with Gasteiger partial charge in [-0.05, 0) is 53.8 Å². The van der Waals surface area contributed by atoms with Crippen molar-refractivity contribution >= 4 is 18.0 Å². The van der Waals surface area contributed by atoms with Crippen LogP contribution in [0.4, 0.5) is 4.79 Å². The normalized spacial score (nSPS) is 16.8. The van der Waals surface area contributed by atoms with Crippen molar-refractivity contribution in [2.45, 2.75) is 37.9 Å². The zero-order chi connectivity index (χ0) is 29.6. The Labute approximate surface area is 246 Å². The minimum Gasteiger partial charge on any atom is -0.467 e. The SMILES string of the molecule is COC(=O)[C@@H](NC(=O)c1ccc(C(C)N2CCOCC2)cc1)[C@@H](C)NC(=O)OCC1c2ccccc2-c2ccccc21. The summed E-state index contributed by atoms with van der Waals surface area (Å²) in [6, 6.07) is 21.7. The Morgan fingerprint density at radius 1 is 0.881 bits per heavy atom. The van der Waals surface area contributed by atoms with Crippen LogP contribution in [0.25, 0.3) is 11.1 Å². The summed E-state index contributed by atoms with van der Waals surface area (Å²) in [7, 11) is 1.24. The van der Waals surface area contributed by atoms with Crippen molar-refractivity contribution in [3.8, 4) is 11.1 Å². The molecule has 0 bridgehead atoms. The van der Waals surface area contributed by atoms with Gasteiger partial charge in [0.25, 0.3) is 5.91 Å². The summed E-state index contributed by atoms with van der Waals surface area (Å²) in [4.78, 5) is 40.9. The smallest absolute Gasteiger partial charge is 0.407 e. The number of nitrogens with one attached hydrogen (secondary N) is 2. The van der Waals surface area contributed by atoms with Gasteiger partial charge in [-0.2, -0.15) is 0 Å². The van der Waals surface area contributed by atoms with Crippen molar-refractivity contribution in [2.75, 3.05) is 40.0 Å². The van der Waals surface area contributed by atoms with E-state index in [1.807, 2.05) is 48.5 Å². The number of amides is 2. The number of rotatable bonds is 9. The van der Waals surface area contributed by atoms with Crippen molar-refractivity contribution in [1.29, 1.82) is 0 Å².